The van der Waals surface area contributed by atoms with Crippen molar-refractivity contribution in [2.45, 2.75) is 69.5 Å². The van der Waals surface area contributed by atoms with E-state index in [1.54, 1.807) is 0 Å². The van der Waals surface area contributed by atoms with Crippen molar-refractivity contribution in [3.8, 4) is 0 Å². The maximum atomic E-state index is 14.8. The van der Waals surface area contributed by atoms with Crippen LogP contribution in [0.2, 0.25) is 0 Å². The molecule has 2 N–H and O–H groups in total. The smallest absolute Gasteiger partial charge is 0.266 e. The van der Waals surface area contributed by atoms with Crippen LogP contribution in [0.1, 0.15) is 79.0 Å². The van der Waals surface area contributed by atoms with Crippen LogP contribution in [0.3, 0.4) is 0 Å². The summed E-state index contributed by atoms with van der Waals surface area (Å²) >= 11 is 0. The van der Waals surface area contributed by atoms with Crippen LogP contribution in [0.15, 0.2) is 35.3 Å². The third kappa shape index (κ3) is 4.80. The largest absolute Gasteiger partial charge is 0.381 e. The number of aromatic nitrogens is 1. The second-order valence-electron chi connectivity index (χ2n) is 12.2. The van der Waals surface area contributed by atoms with Gasteiger partial charge >= 0.3 is 0 Å². The number of anilines is 1. The molecule has 1 aromatic heterocycles. The maximum Gasteiger partial charge on any atom is 0.266 e. The highest BCUT2D eigenvalue weighted by molar-refractivity contribution is 5.99. The van der Waals surface area contributed by atoms with Crippen molar-refractivity contribution in [3.63, 3.8) is 0 Å². The van der Waals surface area contributed by atoms with Crippen LogP contribution in [0.4, 0.5) is 27.6 Å². The molecule has 2 aromatic rings. The molecule has 6 rings (SSSR count). The molecule has 1 saturated heterocycles. The van der Waals surface area contributed by atoms with E-state index in [0.717, 1.165) is 19.2 Å². The van der Waals surface area contributed by atoms with E-state index >= 15 is 0 Å². The van der Waals surface area contributed by atoms with E-state index in [1.165, 1.54) is 35.9 Å². The number of pyridine rings is 1. The molecule has 3 saturated carbocycles. The summed E-state index contributed by atoms with van der Waals surface area (Å²) < 4.78 is 70.4. The summed E-state index contributed by atoms with van der Waals surface area (Å²) in [4.78, 5) is 29.1. The van der Waals surface area contributed by atoms with Gasteiger partial charge in [-0.25, -0.2) is 22.0 Å². The number of benzene rings is 1. The number of fused-ring (bicyclic) bond motifs is 1. The molecule has 1 aromatic carbocycles. The lowest BCUT2D eigenvalue weighted by Gasteiger charge is -2.29. The predicted octanol–water partition coefficient (Wildman–Crippen LogP) is 5.53. The summed E-state index contributed by atoms with van der Waals surface area (Å²) in [6.07, 6.45) is -0.726. The van der Waals surface area contributed by atoms with Crippen molar-refractivity contribution in [2.75, 3.05) is 25.5 Å². The number of hydrogen-bond acceptors (Lipinski definition) is 4. The zero-order valence-electron chi connectivity index (χ0n) is 22.4. The Balaban J connectivity index is 1.28. The number of hydrogen-bond donors (Lipinski definition) is 2. The van der Waals surface area contributed by atoms with E-state index in [0.29, 0.717) is 36.8 Å². The molecule has 5 atom stereocenters. The Labute approximate surface area is 228 Å². The molecule has 1 amide bonds. The summed E-state index contributed by atoms with van der Waals surface area (Å²) in [6, 6.07) is 3.97. The highest BCUT2D eigenvalue weighted by Gasteiger charge is 2.59. The monoisotopic (exact) mass is 564 g/mol. The molecule has 11 heteroatoms. The number of carbonyl (C=O) groups is 1. The molecule has 0 radical (unpaired) electrons. The number of nitrogens with one attached hydrogen (secondary N) is 2. The Hall–Kier alpha value is -2.95. The molecule has 3 aliphatic carbocycles. The first-order valence-electron chi connectivity index (χ1n) is 13.9. The number of likely N-dealkylation sites (tertiary alicyclic amines) is 1. The van der Waals surface area contributed by atoms with E-state index < -0.39 is 35.7 Å². The van der Waals surface area contributed by atoms with Crippen LogP contribution < -0.4 is 16.2 Å². The van der Waals surface area contributed by atoms with Gasteiger partial charge < -0.3 is 20.1 Å². The van der Waals surface area contributed by atoms with Gasteiger partial charge in [0.1, 0.15) is 5.82 Å². The number of halogens is 5. The first kappa shape index (κ1) is 27.2. The SMILES string of the molecule is C[C@@H](NC(=O)c1cn(C2CC23CCC(F)(F)CC3)c(=O)cc1N[C@H]1[C@@H]2CN(C)C[C@@H]21)c1cccc(C(F)F)c1F. The van der Waals surface area contributed by atoms with E-state index in [2.05, 4.69) is 15.5 Å². The Morgan fingerprint density at radius 2 is 1.73 bits per heavy atom. The van der Waals surface area contributed by atoms with E-state index in [9.17, 15) is 31.5 Å². The summed E-state index contributed by atoms with van der Waals surface area (Å²) in [7, 11) is 2.04. The summed E-state index contributed by atoms with van der Waals surface area (Å²) in [5.74, 6) is -3.53. The normalized spacial score (nSPS) is 28.8. The van der Waals surface area contributed by atoms with Crippen LogP contribution in [0.25, 0.3) is 0 Å². The maximum absolute atomic E-state index is 14.8. The number of nitrogens with zero attached hydrogens (tertiary/aromatic N) is 2. The highest BCUT2D eigenvalue weighted by atomic mass is 19.3. The van der Waals surface area contributed by atoms with Crippen molar-refractivity contribution >= 4 is 11.6 Å². The predicted molar refractivity (Wildman–Crippen MR) is 139 cm³/mol. The Kier molecular flexibility index (Phi) is 6.51. The highest BCUT2D eigenvalue weighted by Crippen LogP contribution is 2.65. The minimum Gasteiger partial charge on any atom is -0.381 e. The molecule has 1 aliphatic heterocycles. The van der Waals surface area contributed by atoms with Gasteiger partial charge in [-0.15, -0.1) is 0 Å². The molecule has 1 spiro atoms. The summed E-state index contributed by atoms with van der Waals surface area (Å²) in [6.45, 7) is 3.33. The standard InChI is InChI=1S/C29H33F5N4O2/c1-15(16-4-3-5-17(24(16)30)26(31)32)35-27(40)20-14-38(22-11-28(22)6-8-29(33,34)9-7-28)23(39)10-21(20)36-25-18-12-37(2)13-19(18)25/h3-5,10,14-15,18-19,22,25-26,36H,6-9,11-13H2,1-2H3,(H,35,40)/t15-,18-,19+,22?,25+/m1/s1. The fraction of sp³-hybridized carbons (Fsp3) is 0.586. The molecule has 4 aliphatic rings. The minimum absolute atomic E-state index is 0.0713. The minimum atomic E-state index is -3.00. The van der Waals surface area contributed by atoms with Crippen molar-refractivity contribution < 1.29 is 26.7 Å². The van der Waals surface area contributed by atoms with Gasteiger partial charge in [0.05, 0.1) is 22.9 Å². The third-order valence-corrected chi connectivity index (χ3v) is 9.59. The topological polar surface area (TPSA) is 66.4 Å². The Morgan fingerprint density at radius 3 is 2.38 bits per heavy atom. The van der Waals surface area contributed by atoms with Gasteiger partial charge in [0.25, 0.3) is 17.9 Å². The van der Waals surface area contributed by atoms with Crippen LogP contribution >= 0.6 is 0 Å². The third-order valence-electron chi connectivity index (χ3n) is 9.59. The van der Waals surface area contributed by atoms with Crippen molar-refractivity contribution in [1.29, 1.82) is 0 Å². The molecule has 0 bridgehead atoms. The summed E-state index contributed by atoms with van der Waals surface area (Å²) in [5.41, 5.74) is -0.962. The number of carbonyl (C=O) groups excluding carboxylic acids is 1. The second kappa shape index (κ2) is 9.56. The van der Waals surface area contributed by atoms with Gasteiger partial charge in [0, 0.05) is 55.8 Å². The van der Waals surface area contributed by atoms with E-state index in [1.807, 2.05) is 7.05 Å². The average molecular weight is 565 g/mol. The number of rotatable bonds is 7. The zero-order chi connectivity index (χ0) is 28.6. The van der Waals surface area contributed by atoms with Crippen molar-refractivity contribution in [2.24, 2.45) is 17.3 Å². The molecule has 216 valence electrons. The van der Waals surface area contributed by atoms with E-state index in [4.69, 9.17) is 0 Å². The molecule has 4 fully saturated rings. The van der Waals surface area contributed by atoms with Crippen molar-refractivity contribution in [3.05, 3.63) is 63.3 Å². The van der Waals surface area contributed by atoms with Gasteiger partial charge in [0.2, 0.25) is 5.92 Å². The molecular weight excluding hydrogens is 531 g/mol. The lowest BCUT2D eigenvalue weighted by Crippen LogP contribution is -2.33. The fourth-order valence-electron chi connectivity index (χ4n) is 7.02. The number of piperidine rings is 1. The fourth-order valence-corrected chi connectivity index (χ4v) is 7.02. The van der Waals surface area contributed by atoms with Gasteiger partial charge in [-0.05, 0) is 50.5 Å². The van der Waals surface area contributed by atoms with Gasteiger partial charge in [0.15, 0.2) is 0 Å². The van der Waals surface area contributed by atoms with Crippen LogP contribution in [-0.2, 0) is 0 Å². The zero-order valence-corrected chi connectivity index (χ0v) is 22.4. The van der Waals surface area contributed by atoms with Crippen molar-refractivity contribution in [1.82, 2.24) is 14.8 Å². The van der Waals surface area contributed by atoms with Gasteiger partial charge in [-0.3, -0.25) is 9.59 Å². The molecule has 40 heavy (non-hydrogen) atoms. The first-order chi connectivity index (χ1) is 18.9. The average Bonchev–Trinajstić information content (AvgIpc) is 3.71. The summed E-state index contributed by atoms with van der Waals surface area (Å²) in [5, 5.41) is 6.08. The van der Waals surface area contributed by atoms with Gasteiger partial charge in [-0.1, -0.05) is 18.2 Å². The first-order valence-corrected chi connectivity index (χ1v) is 13.9. The lowest BCUT2D eigenvalue weighted by atomic mass is 9.83. The number of amides is 1. The molecular formula is C29H33F5N4O2. The molecule has 1 unspecified atom stereocenters. The lowest BCUT2D eigenvalue weighted by molar-refractivity contribution is -0.0515. The quantitative estimate of drug-likeness (QED) is 0.435. The Morgan fingerprint density at radius 1 is 1.07 bits per heavy atom. The van der Waals surface area contributed by atoms with Crippen LogP contribution in [0, 0.1) is 23.1 Å². The van der Waals surface area contributed by atoms with Crippen LogP contribution in [0.5, 0.6) is 0 Å². The number of alkyl halides is 4. The van der Waals surface area contributed by atoms with E-state index in [-0.39, 0.29) is 47.0 Å². The van der Waals surface area contributed by atoms with Gasteiger partial charge in [-0.2, -0.15) is 0 Å². The molecule has 6 nitrogen and oxygen atoms in total. The Bertz CT molecular complexity index is 1370. The molecule has 2 heterocycles. The van der Waals surface area contributed by atoms with Crippen LogP contribution in [-0.4, -0.2) is 47.5 Å². The second-order valence-corrected chi connectivity index (χ2v) is 12.2.